The molecule has 7 heteroatoms. The molecule has 6 nitrogen and oxygen atoms in total. The van der Waals surface area contributed by atoms with Crippen molar-refractivity contribution in [3.05, 3.63) is 29.8 Å². The molecule has 0 aromatic heterocycles. The van der Waals surface area contributed by atoms with Crippen molar-refractivity contribution in [2.24, 2.45) is 0 Å². The van der Waals surface area contributed by atoms with E-state index in [4.69, 9.17) is 4.74 Å². The SMILES string of the molecule is CNCCCNS(=O)(=O)c1ccc(C2(C(=O)OC)CC2)cc1. The average Bonchev–Trinajstić information content (AvgIpc) is 3.33. The zero-order chi connectivity index (χ0) is 16.2. The summed E-state index contributed by atoms with van der Waals surface area (Å²) in [6, 6.07) is 6.48. The highest BCUT2D eigenvalue weighted by molar-refractivity contribution is 7.89. The molecule has 1 aliphatic carbocycles. The average molecular weight is 326 g/mol. The van der Waals surface area contributed by atoms with Crippen LogP contribution >= 0.6 is 0 Å². The number of hydrogen-bond donors (Lipinski definition) is 2. The first-order valence-electron chi connectivity index (χ1n) is 7.29. The number of carbonyl (C=O) groups excluding carboxylic acids is 1. The normalized spacial score (nSPS) is 16.3. The van der Waals surface area contributed by atoms with Gasteiger partial charge in [-0.3, -0.25) is 4.79 Å². The van der Waals surface area contributed by atoms with Crippen LogP contribution in [-0.2, 0) is 25.0 Å². The molecule has 0 heterocycles. The maximum absolute atomic E-state index is 12.1. The highest BCUT2D eigenvalue weighted by Gasteiger charge is 2.52. The van der Waals surface area contributed by atoms with E-state index in [1.807, 2.05) is 7.05 Å². The molecule has 0 amide bonds. The molecule has 1 saturated carbocycles. The van der Waals surface area contributed by atoms with E-state index in [-0.39, 0.29) is 10.9 Å². The van der Waals surface area contributed by atoms with Gasteiger partial charge in [0.2, 0.25) is 10.0 Å². The number of rotatable bonds is 8. The molecule has 0 aliphatic heterocycles. The summed E-state index contributed by atoms with van der Waals surface area (Å²) in [5, 5.41) is 2.96. The van der Waals surface area contributed by atoms with Gasteiger partial charge in [-0.05, 0) is 50.6 Å². The third kappa shape index (κ3) is 3.48. The maximum Gasteiger partial charge on any atom is 0.316 e. The third-order valence-corrected chi connectivity index (χ3v) is 5.42. The minimum absolute atomic E-state index is 0.210. The summed E-state index contributed by atoms with van der Waals surface area (Å²) in [6.45, 7) is 1.14. The van der Waals surface area contributed by atoms with Crippen molar-refractivity contribution < 1.29 is 17.9 Å². The molecule has 0 saturated heterocycles. The van der Waals surface area contributed by atoms with E-state index in [1.165, 1.54) is 7.11 Å². The quantitative estimate of drug-likeness (QED) is 0.545. The molecule has 1 aliphatic rings. The van der Waals surface area contributed by atoms with Crippen LogP contribution in [0.25, 0.3) is 0 Å². The molecule has 0 radical (unpaired) electrons. The third-order valence-electron chi connectivity index (χ3n) is 3.94. The predicted molar refractivity (Wildman–Crippen MR) is 83.1 cm³/mol. The van der Waals surface area contributed by atoms with Gasteiger partial charge < -0.3 is 10.1 Å². The molecule has 2 N–H and O–H groups in total. The van der Waals surface area contributed by atoms with E-state index >= 15 is 0 Å². The fourth-order valence-electron chi connectivity index (χ4n) is 2.44. The Morgan fingerprint density at radius 3 is 2.36 bits per heavy atom. The zero-order valence-electron chi connectivity index (χ0n) is 12.9. The Balaban J connectivity index is 2.07. The van der Waals surface area contributed by atoms with E-state index in [1.54, 1.807) is 24.3 Å². The Hall–Kier alpha value is -1.44. The Morgan fingerprint density at radius 2 is 1.86 bits per heavy atom. The Morgan fingerprint density at radius 1 is 1.23 bits per heavy atom. The number of ether oxygens (including phenoxy) is 1. The van der Waals surface area contributed by atoms with Crippen LogP contribution in [0.2, 0.25) is 0 Å². The first-order chi connectivity index (χ1) is 10.5. The van der Waals surface area contributed by atoms with Gasteiger partial charge in [-0.1, -0.05) is 12.1 Å². The van der Waals surface area contributed by atoms with E-state index in [0.717, 1.165) is 31.4 Å². The first-order valence-corrected chi connectivity index (χ1v) is 8.78. The van der Waals surface area contributed by atoms with Crippen LogP contribution < -0.4 is 10.0 Å². The van der Waals surface area contributed by atoms with E-state index in [2.05, 4.69) is 10.0 Å². The van der Waals surface area contributed by atoms with E-state index < -0.39 is 15.4 Å². The Bertz CT molecular complexity index is 621. The summed E-state index contributed by atoms with van der Waals surface area (Å²) < 4.78 is 31.7. The first kappa shape index (κ1) is 16.9. The lowest BCUT2D eigenvalue weighted by Crippen LogP contribution is -2.27. The molecule has 2 rings (SSSR count). The van der Waals surface area contributed by atoms with Crippen LogP contribution in [0, 0.1) is 0 Å². The summed E-state index contributed by atoms with van der Waals surface area (Å²) in [5.41, 5.74) is 0.241. The standard InChI is InChI=1S/C15H22N2O4S/c1-16-10-3-11-17-22(19,20)13-6-4-12(5-7-13)15(8-9-15)14(18)21-2/h4-7,16-17H,3,8-11H2,1-2H3. The molecule has 1 fully saturated rings. The van der Waals surface area contributed by atoms with Crippen LogP contribution in [0.1, 0.15) is 24.8 Å². The lowest BCUT2D eigenvalue weighted by molar-refractivity contribution is -0.143. The number of benzene rings is 1. The van der Waals surface area contributed by atoms with Crippen LogP contribution in [0.3, 0.4) is 0 Å². The summed E-state index contributed by atoms with van der Waals surface area (Å²) in [5.74, 6) is -0.256. The van der Waals surface area contributed by atoms with Crippen molar-refractivity contribution in [3.63, 3.8) is 0 Å². The number of sulfonamides is 1. The van der Waals surface area contributed by atoms with Gasteiger partial charge in [-0.25, -0.2) is 13.1 Å². The molecule has 1 aromatic carbocycles. The fourth-order valence-corrected chi connectivity index (χ4v) is 3.51. The zero-order valence-corrected chi connectivity index (χ0v) is 13.7. The number of nitrogens with one attached hydrogen (secondary N) is 2. The molecule has 0 unspecified atom stereocenters. The number of hydrogen-bond acceptors (Lipinski definition) is 5. The van der Waals surface area contributed by atoms with Crippen molar-refractivity contribution in [2.45, 2.75) is 29.6 Å². The largest absolute Gasteiger partial charge is 0.468 e. The summed E-state index contributed by atoms with van der Waals surface area (Å²) in [4.78, 5) is 12.0. The summed E-state index contributed by atoms with van der Waals surface area (Å²) >= 11 is 0. The lowest BCUT2D eigenvalue weighted by Gasteiger charge is -2.13. The molecule has 122 valence electrons. The highest BCUT2D eigenvalue weighted by atomic mass is 32.2. The highest BCUT2D eigenvalue weighted by Crippen LogP contribution is 2.49. The van der Waals surface area contributed by atoms with Crippen LogP contribution in [-0.4, -0.2) is 41.6 Å². The summed E-state index contributed by atoms with van der Waals surface area (Å²) in [7, 11) is -0.309. The second-order valence-electron chi connectivity index (χ2n) is 5.45. The minimum atomic E-state index is -3.50. The van der Waals surface area contributed by atoms with Gasteiger partial charge in [0.05, 0.1) is 17.4 Å². The van der Waals surface area contributed by atoms with Gasteiger partial charge in [0.1, 0.15) is 0 Å². The van der Waals surface area contributed by atoms with Crippen molar-refractivity contribution >= 4 is 16.0 Å². The molecule has 0 bridgehead atoms. The van der Waals surface area contributed by atoms with Crippen molar-refractivity contribution in [3.8, 4) is 0 Å². The van der Waals surface area contributed by atoms with Crippen LogP contribution in [0.5, 0.6) is 0 Å². The van der Waals surface area contributed by atoms with E-state index in [0.29, 0.717) is 6.54 Å². The van der Waals surface area contributed by atoms with Crippen LogP contribution in [0.15, 0.2) is 29.2 Å². The molecule has 0 spiro atoms. The maximum atomic E-state index is 12.1. The molecule has 0 atom stereocenters. The number of methoxy groups -OCH3 is 1. The topological polar surface area (TPSA) is 84.5 Å². The second kappa shape index (κ2) is 6.76. The van der Waals surface area contributed by atoms with Crippen molar-refractivity contribution in [2.75, 3.05) is 27.2 Å². The molecular weight excluding hydrogens is 304 g/mol. The molecule has 1 aromatic rings. The summed E-state index contributed by atoms with van der Waals surface area (Å²) in [6.07, 6.45) is 2.21. The van der Waals surface area contributed by atoms with Crippen LogP contribution in [0.4, 0.5) is 0 Å². The number of carbonyl (C=O) groups is 1. The van der Waals surface area contributed by atoms with Gasteiger partial charge in [0.15, 0.2) is 0 Å². The molecular formula is C15H22N2O4S. The predicted octanol–water partition coefficient (Wildman–Crippen LogP) is 0.779. The molecule has 22 heavy (non-hydrogen) atoms. The van der Waals surface area contributed by atoms with Gasteiger partial charge in [0, 0.05) is 6.54 Å². The second-order valence-corrected chi connectivity index (χ2v) is 7.22. The van der Waals surface area contributed by atoms with Gasteiger partial charge in [0.25, 0.3) is 0 Å². The van der Waals surface area contributed by atoms with Gasteiger partial charge >= 0.3 is 5.97 Å². The van der Waals surface area contributed by atoms with Crippen molar-refractivity contribution in [1.82, 2.24) is 10.0 Å². The monoisotopic (exact) mass is 326 g/mol. The van der Waals surface area contributed by atoms with Gasteiger partial charge in [-0.2, -0.15) is 0 Å². The van der Waals surface area contributed by atoms with Gasteiger partial charge in [-0.15, -0.1) is 0 Å². The minimum Gasteiger partial charge on any atom is -0.468 e. The number of esters is 1. The van der Waals surface area contributed by atoms with E-state index in [9.17, 15) is 13.2 Å². The Labute approximate surface area is 131 Å². The lowest BCUT2D eigenvalue weighted by atomic mass is 9.96. The van der Waals surface area contributed by atoms with Crippen molar-refractivity contribution in [1.29, 1.82) is 0 Å². The Kier molecular flexibility index (Phi) is 5.20. The fraction of sp³-hybridized carbons (Fsp3) is 0.533. The smallest absolute Gasteiger partial charge is 0.316 e.